The second kappa shape index (κ2) is 9.29. The van der Waals surface area contributed by atoms with Crippen LogP contribution in [0.4, 0.5) is 0 Å². The molecule has 0 unspecified atom stereocenters. The number of fused-ring (bicyclic) bond motifs is 1. The van der Waals surface area contributed by atoms with E-state index in [0.29, 0.717) is 12.1 Å². The van der Waals surface area contributed by atoms with E-state index in [0.717, 1.165) is 48.2 Å². The van der Waals surface area contributed by atoms with Crippen molar-refractivity contribution in [2.75, 3.05) is 13.7 Å². The molecule has 2 aromatic carbocycles. The number of nitrogens with zero attached hydrogens (tertiary/aromatic N) is 4. The van der Waals surface area contributed by atoms with Gasteiger partial charge in [0.05, 0.1) is 17.6 Å². The van der Waals surface area contributed by atoms with E-state index in [1.54, 1.807) is 24.1 Å². The van der Waals surface area contributed by atoms with Crippen LogP contribution < -0.4 is 0 Å². The van der Waals surface area contributed by atoms with Crippen molar-refractivity contribution in [3.63, 3.8) is 0 Å². The lowest BCUT2D eigenvalue weighted by Gasteiger charge is -2.33. The number of hydrogen-bond donors (Lipinski definition) is 0. The van der Waals surface area contributed by atoms with Crippen LogP contribution in [0.15, 0.2) is 48.5 Å². The van der Waals surface area contributed by atoms with Gasteiger partial charge < -0.3 is 9.64 Å². The van der Waals surface area contributed by atoms with E-state index in [4.69, 9.17) is 4.74 Å². The van der Waals surface area contributed by atoms with Crippen molar-refractivity contribution < 1.29 is 14.3 Å². The molecule has 4 rings (SSSR count). The lowest BCUT2D eigenvalue weighted by molar-refractivity contribution is -0.136. The lowest BCUT2D eigenvalue weighted by atomic mass is 9.87. The Balaban J connectivity index is 1.30. The summed E-state index contributed by atoms with van der Waals surface area (Å²) in [5.74, 6) is 0.0863. The van der Waals surface area contributed by atoms with Gasteiger partial charge in [0, 0.05) is 13.1 Å². The minimum atomic E-state index is -0.489. The molecule has 162 valence electrons. The Morgan fingerprint density at radius 2 is 1.77 bits per heavy atom. The third kappa shape index (κ3) is 4.93. The van der Waals surface area contributed by atoms with Gasteiger partial charge in [0.25, 0.3) is 5.91 Å². The monoisotopic (exact) mass is 420 g/mol. The Kier molecular flexibility index (Phi) is 6.30. The maximum Gasteiger partial charge on any atom is 0.338 e. The van der Waals surface area contributed by atoms with Gasteiger partial charge in [-0.15, -0.1) is 5.10 Å². The van der Waals surface area contributed by atoms with Crippen molar-refractivity contribution in [2.45, 2.75) is 45.2 Å². The quantitative estimate of drug-likeness (QED) is 0.569. The molecular formula is C24H28N4O3. The molecule has 1 amide bonds. The molecule has 0 spiro atoms. The van der Waals surface area contributed by atoms with Crippen LogP contribution in [0.25, 0.3) is 11.0 Å². The fourth-order valence-corrected chi connectivity index (χ4v) is 4.10. The molecule has 7 nitrogen and oxygen atoms in total. The molecule has 1 heterocycles. The summed E-state index contributed by atoms with van der Waals surface area (Å²) >= 11 is 0. The molecule has 1 fully saturated rings. The average molecular weight is 421 g/mol. The Bertz CT molecular complexity index is 1050. The summed E-state index contributed by atoms with van der Waals surface area (Å²) in [5.41, 5.74) is 3.23. The number of rotatable bonds is 6. The van der Waals surface area contributed by atoms with Gasteiger partial charge in [-0.3, -0.25) is 4.79 Å². The van der Waals surface area contributed by atoms with Crippen molar-refractivity contribution in [3.05, 3.63) is 59.7 Å². The lowest BCUT2D eigenvalue weighted by Crippen LogP contribution is -2.41. The van der Waals surface area contributed by atoms with Gasteiger partial charge in [0.1, 0.15) is 5.52 Å². The highest BCUT2D eigenvalue weighted by Gasteiger charge is 2.25. The number of benzene rings is 2. The molecule has 7 heteroatoms. The molecule has 1 aliphatic carbocycles. The van der Waals surface area contributed by atoms with Gasteiger partial charge in [-0.25, -0.2) is 9.48 Å². The van der Waals surface area contributed by atoms with E-state index in [9.17, 15) is 9.59 Å². The van der Waals surface area contributed by atoms with Crippen LogP contribution in [-0.4, -0.2) is 51.5 Å². The highest BCUT2D eigenvalue weighted by Crippen LogP contribution is 2.26. The number of ether oxygens (including phenoxy) is 1. The molecule has 31 heavy (non-hydrogen) atoms. The molecule has 0 radical (unpaired) electrons. The van der Waals surface area contributed by atoms with Gasteiger partial charge in [0.15, 0.2) is 6.61 Å². The molecule has 0 aliphatic heterocycles. The average Bonchev–Trinajstić information content (AvgIpc) is 3.20. The predicted octanol–water partition coefficient (Wildman–Crippen LogP) is 3.67. The molecule has 3 aromatic rings. The summed E-state index contributed by atoms with van der Waals surface area (Å²) in [6.07, 6.45) is 4.30. The number of carbonyl (C=O) groups excluding carboxylic acids is 2. The number of hydrogen-bond acceptors (Lipinski definition) is 5. The van der Waals surface area contributed by atoms with Crippen LogP contribution in [0.2, 0.25) is 0 Å². The maximum absolute atomic E-state index is 12.4. The van der Waals surface area contributed by atoms with Crippen molar-refractivity contribution in [2.24, 2.45) is 5.92 Å². The third-order valence-electron chi connectivity index (χ3n) is 6.20. The van der Waals surface area contributed by atoms with Gasteiger partial charge in [-0.2, -0.15) is 0 Å². The minimum Gasteiger partial charge on any atom is -0.452 e. The molecule has 1 aliphatic rings. The molecule has 0 bridgehead atoms. The topological polar surface area (TPSA) is 77.3 Å². The van der Waals surface area contributed by atoms with Crippen LogP contribution in [0, 0.1) is 5.92 Å². The fraction of sp³-hybridized carbons (Fsp3) is 0.417. The Hall–Kier alpha value is -3.22. The first-order valence-corrected chi connectivity index (χ1v) is 10.8. The van der Waals surface area contributed by atoms with Crippen LogP contribution >= 0.6 is 0 Å². The molecule has 1 aromatic heterocycles. The third-order valence-corrected chi connectivity index (χ3v) is 6.20. The predicted molar refractivity (Wildman–Crippen MR) is 118 cm³/mol. The van der Waals surface area contributed by atoms with Gasteiger partial charge in [-0.05, 0) is 61.4 Å². The van der Waals surface area contributed by atoms with Crippen molar-refractivity contribution >= 4 is 22.9 Å². The first-order valence-electron chi connectivity index (χ1n) is 10.8. The number of carbonyl (C=O) groups is 2. The maximum atomic E-state index is 12.4. The summed E-state index contributed by atoms with van der Waals surface area (Å²) in [6, 6.07) is 15.2. The van der Waals surface area contributed by atoms with Crippen molar-refractivity contribution in [3.8, 4) is 0 Å². The summed E-state index contributed by atoms with van der Waals surface area (Å²) in [4.78, 5) is 26.5. The van der Waals surface area contributed by atoms with E-state index in [1.807, 2.05) is 41.1 Å². The highest BCUT2D eigenvalue weighted by atomic mass is 16.5. The van der Waals surface area contributed by atoms with Crippen LogP contribution in [0.1, 0.15) is 48.5 Å². The highest BCUT2D eigenvalue weighted by molar-refractivity contribution is 5.91. The SMILES string of the molecule is CC1CCC(N(C)C(=O)COC(=O)c2ccc(Cn3nnc4ccccc43)cc2)CC1. The zero-order valence-corrected chi connectivity index (χ0v) is 18.0. The van der Waals surface area contributed by atoms with E-state index < -0.39 is 5.97 Å². The van der Waals surface area contributed by atoms with Crippen LogP contribution in [0.5, 0.6) is 0 Å². The van der Waals surface area contributed by atoms with E-state index >= 15 is 0 Å². The van der Waals surface area contributed by atoms with E-state index in [1.165, 1.54) is 0 Å². The molecular weight excluding hydrogens is 392 g/mol. The number of aromatic nitrogens is 3. The number of likely N-dealkylation sites (N-methyl/N-ethyl adjacent to an activating group) is 1. The summed E-state index contributed by atoms with van der Waals surface area (Å²) < 4.78 is 7.09. The number of amides is 1. The zero-order chi connectivity index (χ0) is 21.8. The molecule has 0 atom stereocenters. The van der Waals surface area contributed by atoms with E-state index in [2.05, 4.69) is 17.2 Å². The van der Waals surface area contributed by atoms with Crippen molar-refractivity contribution in [1.29, 1.82) is 0 Å². The van der Waals surface area contributed by atoms with Gasteiger partial charge in [-0.1, -0.05) is 36.4 Å². The van der Waals surface area contributed by atoms with Crippen molar-refractivity contribution in [1.82, 2.24) is 19.9 Å². The Labute approximate surface area is 182 Å². The fourth-order valence-electron chi connectivity index (χ4n) is 4.10. The number of para-hydroxylation sites is 1. The summed E-state index contributed by atoms with van der Waals surface area (Å²) in [6.45, 7) is 2.58. The zero-order valence-electron chi connectivity index (χ0n) is 18.0. The molecule has 1 saturated carbocycles. The Morgan fingerprint density at radius 1 is 1.06 bits per heavy atom. The first-order chi connectivity index (χ1) is 15.0. The molecule has 0 saturated heterocycles. The van der Waals surface area contributed by atoms with Gasteiger partial charge in [0.2, 0.25) is 0 Å². The van der Waals surface area contributed by atoms with Gasteiger partial charge >= 0.3 is 5.97 Å². The minimum absolute atomic E-state index is 0.150. The standard InChI is InChI=1S/C24H28N4O3/c1-17-7-13-20(14-8-17)27(2)23(29)16-31-24(30)19-11-9-18(10-12-19)15-28-22-6-4-3-5-21(22)25-26-28/h3-6,9-12,17,20H,7-8,13-16H2,1-2H3. The largest absolute Gasteiger partial charge is 0.452 e. The second-order valence-electron chi connectivity index (χ2n) is 8.43. The van der Waals surface area contributed by atoms with E-state index in [-0.39, 0.29) is 18.6 Å². The number of esters is 1. The van der Waals surface area contributed by atoms with Crippen LogP contribution in [-0.2, 0) is 16.1 Å². The Morgan fingerprint density at radius 3 is 2.52 bits per heavy atom. The summed E-state index contributed by atoms with van der Waals surface area (Å²) in [5, 5.41) is 8.34. The first kappa shape index (κ1) is 21.0. The van der Waals surface area contributed by atoms with Crippen LogP contribution in [0.3, 0.4) is 0 Å². The second-order valence-corrected chi connectivity index (χ2v) is 8.43. The smallest absolute Gasteiger partial charge is 0.338 e. The normalized spacial score (nSPS) is 18.6. The summed E-state index contributed by atoms with van der Waals surface area (Å²) in [7, 11) is 1.81. The molecule has 0 N–H and O–H groups in total.